The largest absolute Gasteiger partial charge is 0.383 e. The van der Waals surface area contributed by atoms with Crippen LogP contribution in [0.1, 0.15) is 13.3 Å². The van der Waals surface area contributed by atoms with Gasteiger partial charge in [0, 0.05) is 6.07 Å². The zero-order chi connectivity index (χ0) is 13.2. The molecule has 0 aliphatic carbocycles. The molecule has 0 amide bonds. The van der Waals surface area contributed by atoms with Crippen LogP contribution < -0.4 is 5.73 Å². The Morgan fingerprint density at radius 1 is 1.37 bits per heavy atom. The Balaban J connectivity index is 1.98. The third-order valence-corrected chi connectivity index (χ3v) is 4.75. The van der Waals surface area contributed by atoms with Gasteiger partial charge in [0.1, 0.15) is 10.8 Å². The summed E-state index contributed by atoms with van der Waals surface area (Å²) in [6.45, 7) is 2.15. The standard InChI is InChI=1S/C13H14N4S2/c1-2-7-18-12-8-11(14)17(16-12)13-15-9-5-3-4-6-10(9)19-13/h3-6,8H,2,7,14H2,1H3. The van der Waals surface area contributed by atoms with E-state index < -0.39 is 0 Å². The molecule has 0 saturated carbocycles. The van der Waals surface area contributed by atoms with Gasteiger partial charge < -0.3 is 5.73 Å². The Morgan fingerprint density at radius 3 is 3.00 bits per heavy atom. The minimum Gasteiger partial charge on any atom is -0.383 e. The molecular weight excluding hydrogens is 276 g/mol. The fourth-order valence-corrected chi connectivity index (χ4v) is 3.45. The number of fused-ring (bicyclic) bond motifs is 1. The van der Waals surface area contributed by atoms with Gasteiger partial charge >= 0.3 is 0 Å². The summed E-state index contributed by atoms with van der Waals surface area (Å²) in [7, 11) is 0. The number of benzene rings is 1. The van der Waals surface area contributed by atoms with Crippen molar-refractivity contribution in [2.24, 2.45) is 0 Å². The zero-order valence-corrected chi connectivity index (χ0v) is 12.2. The fourth-order valence-electron chi connectivity index (χ4n) is 1.75. The maximum Gasteiger partial charge on any atom is 0.213 e. The average Bonchev–Trinajstić information content (AvgIpc) is 2.99. The predicted octanol–water partition coefficient (Wildman–Crippen LogP) is 3.57. The van der Waals surface area contributed by atoms with Crippen molar-refractivity contribution in [3.63, 3.8) is 0 Å². The predicted molar refractivity (Wildman–Crippen MR) is 82.2 cm³/mol. The van der Waals surface area contributed by atoms with E-state index in [0.29, 0.717) is 5.82 Å². The van der Waals surface area contributed by atoms with Crippen LogP contribution in [-0.2, 0) is 0 Å². The highest BCUT2D eigenvalue weighted by atomic mass is 32.2. The molecule has 0 spiro atoms. The second-order valence-electron chi connectivity index (χ2n) is 4.13. The summed E-state index contributed by atoms with van der Waals surface area (Å²) in [6.07, 6.45) is 1.12. The quantitative estimate of drug-likeness (QED) is 0.746. The first-order chi connectivity index (χ1) is 9.28. The van der Waals surface area contributed by atoms with E-state index in [1.807, 2.05) is 24.3 Å². The van der Waals surface area contributed by atoms with Gasteiger partial charge in [-0.15, -0.1) is 11.8 Å². The molecule has 0 fully saturated rings. The maximum absolute atomic E-state index is 6.02. The monoisotopic (exact) mass is 290 g/mol. The number of para-hydroxylation sites is 1. The van der Waals surface area contributed by atoms with Crippen LogP contribution in [0.15, 0.2) is 35.4 Å². The minimum atomic E-state index is 0.637. The van der Waals surface area contributed by atoms with Gasteiger partial charge in [-0.25, -0.2) is 4.98 Å². The second-order valence-corrected chi connectivity index (χ2v) is 6.26. The number of nitrogens with zero attached hydrogens (tertiary/aromatic N) is 3. The van der Waals surface area contributed by atoms with Crippen molar-refractivity contribution in [2.75, 3.05) is 11.5 Å². The Bertz CT molecular complexity index is 669. The molecule has 0 unspecified atom stereocenters. The third-order valence-electron chi connectivity index (χ3n) is 2.63. The van der Waals surface area contributed by atoms with Gasteiger partial charge in [-0.1, -0.05) is 30.4 Å². The first-order valence-corrected chi connectivity index (χ1v) is 7.92. The number of thiazole rings is 1. The van der Waals surface area contributed by atoms with Crippen molar-refractivity contribution in [3.8, 4) is 5.13 Å². The highest BCUT2D eigenvalue weighted by Gasteiger charge is 2.11. The van der Waals surface area contributed by atoms with E-state index >= 15 is 0 Å². The van der Waals surface area contributed by atoms with Gasteiger partial charge in [-0.3, -0.25) is 0 Å². The lowest BCUT2D eigenvalue weighted by molar-refractivity contribution is 0.839. The van der Waals surface area contributed by atoms with E-state index in [0.717, 1.165) is 32.5 Å². The zero-order valence-electron chi connectivity index (χ0n) is 10.5. The van der Waals surface area contributed by atoms with E-state index in [2.05, 4.69) is 23.1 Å². The normalized spacial score (nSPS) is 11.2. The van der Waals surface area contributed by atoms with Crippen molar-refractivity contribution < 1.29 is 0 Å². The van der Waals surface area contributed by atoms with Gasteiger partial charge in [-0.2, -0.15) is 9.78 Å². The van der Waals surface area contributed by atoms with E-state index in [-0.39, 0.29) is 0 Å². The summed E-state index contributed by atoms with van der Waals surface area (Å²) in [5.41, 5.74) is 7.01. The number of rotatable bonds is 4. The van der Waals surface area contributed by atoms with E-state index in [1.165, 1.54) is 0 Å². The van der Waals surface area contributed by atoms with Crippen molar-refractivity contribution in [3.05, 3.63) is 30.3 Å². The lowest BCUT2D eigenvalue weighted by Gasteiger charge is -1.96. The summed E-state index contributed by atoms with van der Waals surface area (Å²) in [5.74, 6) is 1.69. The van der Waals surface area contributed by atoms with Gasteiger partial charge in [0.2, 0.25) is 5.13 Å². The minimum absolute atomic E-state index is 0.637. The molecule has 3 aromatic rings. The number of aromatic nitrogens is 3. The molecule has 6 heteroatoms. The summed E-state index contributed by atoms with van der Waals surface area (Å²) < 4.78 is 2.87. The highest BCUT2D eigenvalue weighted by molar-refractivity contribution is 7.99. The Morgan fingerprint density at radius 2 is 2.21 bits per heavy atom. The van der Waals surface area contributed by atoms with Crippen molar-refractivity contribution in [1.82, 2.24) is 14.8 Å². The molecule has 2 heterocycles. The second kappa shape index (κ2) is 5.22. The van der Waals surface area contributed by atoms with Crippen LogP contribution >= 0.6 is 23.1 Å². The average molecular weight is 290 g/mol. The summed E-state index contributed by atoms with van der Waals surface area (Å²) >= 11 is 3.32. The van der Waals surface area contributed by atoms with Crippen molar-refractivity contribution in [1.29, 1.82) is 0 Å². The number of nitrogens with two attached hydrogens (primary N) is 1. The van der Waals surface area contributed by atoms with Gasteiger partial charge in [-0.05, 0) is 24.3 Å². The van der Waals surface area contributed by atoms with Crippen molar-refractivity contribution >= 4 is 39.1 Å². The van der Waals surface area contributed by atoms with Gasteiger partial charge in [0.05, 0.1) is 10.2 Å². The van der Waals surface area contributed by atoms with E-state index in [4.69, 9.17) is 5.73 Å². The van der Waals surface area contributed by atoms with Crippen molar-refractivity contribution in [2.45, 2.75) is 18.4 Å². The smallest absolute Gasteiger partial charge is 0.213 e. The molecule has 2 N–H and O–H groups in total. The van der Waals surface area contributed by atoms with Crippen LogP contribution in [0.25, 0.3) is 15.3 Å². The number of nitrogen functional groups attached to an aromatic ring is 1. The van der Waals surface area contributed by atoms with Crippen LogP contribution in [0.2, 0.25) is 0 Å². The SMILES string of the molecule is CCCSc1cc(N)n(-c2nc3ccccc3s2)n1. The van der Waals surface area contributed by atoms with Crippen LogP contribution in [0, 0.1) is 0 Å². The molecule has 0 bridgehead atoms. The van der Waals surface area contributed by atoms with Crippen LogP contribution in [0.5, 0.6) is 0 Å². The first kappa shape index (κ1) is 12.5. The number of hydrogen-bond donors (Lipinski definition) is 1. The van der Waals surface area contributed by atoms with Gasteiger partial charge in [0.25, 0.3) is 0 Å². The summed E-state index contributed by atoms with van der Waals surface area (Å²) in [6, 6.07) is 9.97. The molecule has 4 nitrogen and oxygen atoms in total. The molecule has 0 radical (unpaired) electrons. The lowest BCUT2D eigenvalue weighted by atomic mass is 10.3. The Labute approximate surface area is 119 Å². The van der Waals surface area contributed by atoms with Crippen LogP contribution in [-0.4, -0.2) is 20.5 Å². The molecule has 3 rings (SSSR count). The fraction of sp³-hybridized carbons (Fsp3) is 0.231. The molecule has 19 heavy (non-hydrogen) atoms. The molecular formula is C13H14N4S2. The molecule has 0 aliphatic heterocycles. The number of hydrogen-bond acceptors (Lipinski definition) is 5. The Kier molecular flexibility index (Phi) is 3.44. The molecule has 0 saturated heterocycles. The maximum atomic E-state index is 6.02. The topological polar surface area (TPSA) is 56.7 Å². The van der Waals surface area contributed by atoms with E-state index in [9.17, 15) is 0 Å². The summed E-state index contributed by atoms with van der Waals surface area (Å²) in [4.78, 5) is 4.57. The molecule has 2 aromatic heterocycles. The van der Waals surface area contributed by atoms with E-state index in [1.54, 1.807) is 27.8 Å². The lowest BCUT2D eigenvalue weighted by Crippen LogP contribution is -2.00. The molecule has 98 valence electrons. The van der Waals surface area contributed by atoms with Crippen LogP contribution in [0.3, 0.4) is 0 Å². The third kappa shape index (κ3) is 2.46. The molecule has 0 aliphatic rings. The number of thioether (sulfide) groups is 1. The summed E-state index contributed by atoms with van der Waals surface area (Å²) in [5, 5.41) is 6.29. The number of anilines is 1. The molecule has 0 atom stereocenters. The molecule has 1 aromatic carbocycles. The first-order valence-electron chi connectivity index (χ1n) is 6.12. The van der Waals surface area contributed by atoms with Gasteiger partial charge in [0.15, 0.2) is 0 Å². The Hall–Kier alpha value is -1.53. The highest BCUT2D eigenvalue weighted by Crippen LogP contribution is 2.28. The van der Waals surface area contributed by atoms with Crippen LogP contribution in [0.4, 0.5) is 5.82 Å².